The summed E-state index contributed by atoms with van der Waals surface area (Å²) in [5, 5.41) is 11.6. The summed E-state index contributed by atoms with van der Waals surface area (Å²) in [5.41, 5.74) is 0.244. The first-order valence-corrected chi connectivity index (χ1v) is 4.82. The van der Waals surface area contributed by atoms with Gasteiger partial charge >= 0.3 is 5.97 Å². The van der Waals surface area contributed by atoms with E-state index in [1.54, 1.807) is 0 Å². The number of hydrogen-bond acceptors (Lipinski definition) is 2. The Balaban J connectivity index is 1.94. The van der Waals surface area contributed by atoms with Gasteiger partial charge in [-0.05, 0) is 18.9 Å². The Morgan fingerprint density at radius 1 is 1.54 bits per heavy atom. The van der Waals surface area contributed by atoms with E-state index in [-0.39, 0.29) is 5.57 Å². The van der Waals surface area contributed by atoms with Crippen molar-refractivity contribution in [2.75, 3.05) is 13.1 Å². The molecular formula is C10H17NO2. The minimum absolute atomic E-state index is 0.244. The van der Waals surface area contributed by atoms with Crippen molar-refractivity contribution in [2.45, 2.75) is 25.7 Å². The van der Waals surface area contributed by atoms with E-state index in [1.807, 2.05) is 0 Å². The predicted octanol–water partition coefficient (Wildman–Crippen LogP) is 1.41. The van der Waals surface area contributed by atoms with Gasteiger partial charge < -0.3 is 10.4 Å². The molecule has 74 valence electrons. The Kier molecular flexibility index (Phi) is 3.96. The molecule has 0 saturated heterocycles. The van der Waals surface area contributed by atoms with Crippen LogP contribution in [0.4, 0.5) is 0 Å². The van der Waals surface area contributed by atoms with Crippen molar-refractivity contribution in [1.82, 2.24) is 5.32 Å². The molecule has 13 heavy (non-hydrogen) atoms. The predicted molar refractivity (Wildman–Crippen MR) is 51.6 cm³/mol. The molecule has 1 aliphatic rings. The molecule has 1 aliphatic carbocycles. The van der Waals surface area contributed by atoms with Crippen LogP contribution in [0.3, 0.4) is 0 Å². The van der Waals surface area contributed by atoms with Crippen molar-refractivity contribution < 1.29 is 9.90 Å². The van der Waals surface area contributed by atoms with Gasteiger partial charge in [0.15, 0.2) is 0 Å². The second-order valence-corrected chi connectivity index (χ2v) is 3.67. The number of hydrogen-bond donors (Lipinski definition) is 2. The van der Waals surface area contributed by atoms with Crippen LogP contribution in [-0.4, -0.2) is 24.2 Å². The van der Waals surface area contributed by atoms with Crippen LogP contribution >= 0.6 is 0 Å². The van der Waals surface area contributed by atoms with Gasteiger partial charge in [0.2, 0.25) is 0 Å². The van der Waals surface area contributed by atoms with Gasteiger partial charge in [-0.25, -0.2) is 4.79 Å². The van der Waals surface area contributed by atoms with Crippen molar-refractivity contribution in [2.24, 2.45) is 5.92 Å². The van der Waals surface area contributed by atoms with Crippen molar-refractivity contribution in [1.29, 1.82) is 0 Å². The van der Waals surface area contributed by atoms with Gasteiger partial charge in [-0.2, -0.15) is 0 Å². The van der Waals surface area contributed by atoms with Crippen molar-refractivity contribution in [3.8, 4) is 0 Å². The third-order valence-corrected chi connectivity index (χ3v) is 2.59. The Hall–Kier alpha value is -0.830. The lowest BCUT2D eigenvalue weighted by Gasteiger charge is -2.25. The summed E-state index contributed by atoms with van der Waals surface area (Å²) in [6.45, 7) is 4.76. The van der Waals surface area contributed by atoms with Crippen LogP contribution in [0.5, 0.6) is 0 Å². The molecule has 2 N–H and O–H groups in total. The number of nitrogens with one attached hydrogen (secondary N) is 1. The second kappa shape index (κ2) is 5.02. The summed E-state index contributed by atoms with van der Waals surface area (Å²) in [5.74, 6) is -0.0262. The van der Waals surface area contributed by atoms with Crippen LogP contribution in [0.15, 0.2) is 12.2 Å². The summed E-state index contributed by atoms with van der Waals surface area (Å²) >= 11 is 0. The maximum Gasteiger partial charge on any atom is 0.332 e. The minimum Gasteiger partial charge on any atom is -0.478 e. The molecule has 0 radical (unpaired) electrons. The summed E-state index contributed by atoms with van der Waals surface area (Å²) in [6, 6.07) is 0. The Labute approximate surface area is 78.8 Å². The van der Waals surface area contributed by atoms with Crippen molar-refractivity contribution in [3.05, 3.63) is 12.2 Å². The van der Waals surface area contributed by atoms with Crippen LogP contribution in [0.2, 0.25) is 0 Å². The molecule has 0 unspecified atom stereocenters. The topological polar surface area (TPSA) is 49.3 Å². The van der Waals surface area contributed by atoms with E-state index in [1.165, 1.54) is 25.7 Å². The van der Waals surface area contributed by atoms with Gasteiger partial charge in [-0.1, -0.05) is 25.8 Å². The summed E-state index contributed by atoms with van der Waals surface area (Å²) in [4.78, 5) is 10.4. The lowest BCUT2D eigenvalue weighted by Crippen LogP contribution is -2.24. The fraction of sp³-hybridized carbons (Fsp3) is 0.700. The number of carboxylic acids is 1. The van der Waals surface area contributed by atoms with E-state index in [9.17, 15) is 4.79 Å². The minimum atomic E-state index is -0.906. The third kappa shape index (κ3) is 3.59. The zero-order valence-electron chi connectivity index (χ0n) is 7.88. The maximum absolute atomic E-state index is 10.4. The zero-order chi connectivity index (χ0) is 9.68. The molecule has 3 heteroatoms. The largest absolute Gasteiger partial charge is 0.478 e. The highest BCUT2D eigenvalue weighted by Gasteiger charge is 2.16. The average Bonchev–Trinajstić information content (AvgIpc) is 2.00. The fourth-order valence-corrected chi connectivity index (χ4v) is 1.40. The van der Waals surface area contributed by atoms with Crippen LogP contribution in [0.25, 0.3) is 0 Å². The van der Waals surface area contributed by atoms with E-state index >= 15 is 0 Å². The molecule has 1 fully saturated rings. The molecule has 0 spiro atoms. The first-order valence-electron chi connectivity index (χ1n) is 4.82. The monoisotopic (exact) mass is 183 g/mol. The second-order valence-electron chi connectivity index (χ2n) is 3.67. The van der Waals surface area contributed by atoms with Gasteiger partial charge in [0, 0.05) is 12.1 Å². The van der Waals surface area contributed by atoms with Crippen molar-refractivity contribution >= 4 is 5.97 Å². The number of rotatable bonds is 6. The lowest BCUT2D eigenvalue weighted by atomic mass is 9.83. The SMILES string of the molecule is C=C(CNCCC1CCC1)C(=O)O. The summed E-state index contributed by atoms with van der Waals surface area (Å²) in [6.07, 6.45) is 5.24. The van der Waals surface area contributed by atoms with Crippen LogP contribution in [-0.2, 0) is 4.79 Å². The molecule has 0 aromatic heterocycles. The van der Waals surface area contributed by atoms with Crippen LogP contribution in [0, 0.1) is 5.92 Å². The van der Waals surface area contributed by atoms with Gasteiger partial charge in [0.05, 0.1) is 0 Å². The molecule has 0 aliphatic heterocycles. The third-order valence-electron chi connectivity index (χ3n) is 2.59. The maximum atomic E-state index is 10.4. The molecule has 0 amide bonds. The number of carbonyl (C=O) groups is 1. The van der Waals surface area contributed by atoms with Crippen molar-refractivity contribution in [3.63, 3.8) is 0 Å². The zero-order valence-corrected chi connectivity index (χ0v) is 7.88. The average molecular weight is 183 g/mol. The smallest absolute Gasteiger partial charge is 0.332 e. The normalized spacial score (nSPS) is 16.6. The highest BCUT2D eigenvalue weighted by Crippen LogP contribution is 2.28. The standard InChI is InChI=1S/C10H17NO2/c1-8(10(12)13)7-11-6-5-9-3-2-4-9/h9,11H,1-7H2,(H,12,13). The van der Waals surface area contributed by atoms with Crippen LogP contribution in [0.1, 0.15) is 25.7 Å². The molecule has 0 bridgehead atoms. The highest BCUT2D eigenvalue weighted by atomic mass is 16.4. The molecule has 0 atom stereocenters. The molecule has 0 aromatic carbocycles. The van der Waals surface area contributed by atoms with E-state index < -0.39 is 5.97 Å². The lowest BCUT2D eigenvalue weighted by molar-refractivity contribution is -0.132. The van der Waals surface area contributed by atoms with Gasteiger partial charge in [-0.3, -0.25) is 0 Å². The van der Waals surface area contributed by atoms with Gasteiger partial charge in [-0.15, -0.1) is 0 Å². The van der Waals surface area contributed by atoms with Gasteiger partial charge in [0.25, 0.3) is 0 Å². The first-order chi connectivity index (χ1) is 6.20. The fourth-order valence-electron chi connectivity index (χ4n) is 1.40. The van der Waals surface area contributed by atoms with E-state index in [4.69, 9.17) is 5.11 Å². The first kappa shape index (κ1) is 10.3. The van der Waals surface area contributed by atoms with E-state index in [0.29, 0.717) is 6.54 Å². The highest BCUT2D eigenvalue weighted by molar-refractivity contribution is 5.86. The molecular weight excluding hydrogens is 166 g/mol. The molecule has 3 nitrogen and oxygen atoms in total. The summed E-state index contributed by atoms with van der Waals surface area (Å²) < 4.78 is 0. The molecule has 0 heterocycles. The molecule has 1 rings (SSSR count). The van der Waals surface area contributed by atoms with Gasteiger partial charge in [0.1, 0.15) is 0 Å². The number of carboxylic acid groups (broad SMARTS) is 1. The molecule has 0 aromatic rings. The van der Waals surface area contributed by atoms with Crippen LogP contribution < -0.4 is 5.32 Å². The Morgan fingerprint density at radius 2 is 2.23 bits per heavy atom. The summed E-state index contributed by atoms with van der Waals surface area (Å²) in [7, 11) is 0. The Morgan fingerprint density at radius 3 is 2.69 bits per heavy atom. The quantitative estimate of drug-likeness (QED) is 0.483. The Bertz CT molecular complexity index is 197. The molecule has 1 saturated carbocycles. The van der Waals surface area contributed by atoms with E-state index in [0.717, 1.165) is 12.5 Å². The van der Waals surface area contributed by atoms with E-state index in [2.05, 4.69) is 11.9 Å². The number of aliphatic carboxylic acids is 1.